The van der Waals surface area contributed by atoms with Crippen molar-refractivity contribution in [2.75, 3.05) is 12.3 Å². The van der Waals surface area contributed by atoms with Crippen LogP contribution < -0.4 is 5.73 Å². The van der Waals surface area contributed by atoms with Gasteiger partial charge in [0.15, 0.2) is 10.2 Å². The summed E-state index contributed by atoms with van der Waals surface area (Å²) in [6.07, 6.45) is -4.11. The van der Waals surface area contributed by atoms with Crippen LogP contribution in [0, 0.1) is 3.95 Å². The first kappa shape index (κ1) is 11.9. The lowest BCUT2D eigenvalue weighted by atomic mass is 10.1. The topological polar surface area (TPSA) is 114 Å². The van der Waals surface area contributed by atoms with Crippen LogP contribution in [0.15, 0.2) is 0 Å². The number of aliphatic hydroxyl groups excluding tert-OH is 3. The van der Waals surface area contributed by atoms with Gasteiger partial charge in [-0.1, -0.05) is 11.3 Å². The number of hydrogen-bond donors (Lipinski definition) is 4. The molecule has 4 atom stereocenters. The number of hydrogen-bond acceptors (Lipinski definition) is 8. The molecular weight excluding hydrogens is 254 g/mol. The molecule has 0 spiro atoms. The molecule has 9 heteroatoms. The first-order valence-corrected chi connectivity index (χ1v) is 5.74. The molecule has 1 aliphatic heterocycles. The Kier molecular flexibility index (Phi) is 3.24. The van der Waals surface area contributed by atoms with E-state index in [1.54, 1.807) is 0 Å². The summed E-state index contributed by atoms with van der Waals surface area (Å²) in [4.78, 5) is 0. The minimum absolute atomic E-state index is 0.253. The highest BCUT2D eigenvalue weighted by atomic mass is 32.1. The summed E-state index contributed by atoms with van der Waals surface area (Å²) >= 11 is 6.06. The fourth-order valence-corrected chi connectivity index (χ4v) is 2.49. The zero-order chi connectivity index (χ0) is 11.9. The maximum Gasteiger partial charge on any atom is 0.202 e. The average molecular weight is 265 g/mol. The van der Waals surface area contributed by atoms with Gasteiger partial charge in [-0.2, -0.15) is 0 Å². The molecule has 0 unspecified atom stereocenters. The van der Waals surface area contributed by atoms with Crippen LogP contribution >= 0.6 is 23.6 Å². The van der Waals surface area contributed by atoms with Crippen molar-refractivity contribution in [2.45, 2.75) is 24.5 Å². The highest BCUT2D eigenvalue weighted by Gasteiger charge is 2.44. The predicted molar refractivity (Wildman–Crippen MR) is 58.4 cm³/mol. The molecule has 0 aromatic carbocycles. The predicted octanol–water partition coefficient (Wildman–Crippen LogP) is -1.13. The van der Waals surface area contributed by atoms with Gasteiger partial charge in [-0.3, -0.25) is 0 Å². The SMILES string of the molecule is Nc1nn([C@@H]2O[C@H](CO)[C@@H](O)[C@H]2O)c(=S)s1. The van der Waals surface area contributed by atoms with E-state index in [2.05, 4.69) is 5.10 Å². The van der Waals surface area contributed by atoms with E-state index < -0.39 is 24.5 Å². The van der Waals surface area contributed by atoms with E-state index in [-0.39, 0.29) is 11.7 Å². The largest absolute Gasteiger partial charge is 0.394 e. The number of nitrogen functional groups attached to an aromatic ring is 1. The van der Waals surface area contributed by atoms with E-state index in [0.717, 1.165) is 11.3 Å². The van der Waals surface area contributed by atoms with Gasteiger partial charge >= 0.3 is 0 Å². The van der Waals surface area contributed by atoms with Gasteiger partial charge < -0.3 is 25.8 Å². The normalized spacial score (nSPS) is 34.4. The lowest BCUT2D eigenvalue weighted by Gasteiger charge is -2.14. The van der Waals surface area contributed by atoms with E-state index in [1.165, 1.54) is 4.68 Å². The Bertz CT molecular complexity index is 434. The second kappa shape index (κ2) is 4.35. The molecule has 0 amide bonds. The quantitative estimate of drug-likeness (QED) is 0.500. The summed E-state index contributed by atoms with van der Waals surface area (Å²) in [6, 6.07) is 0. The molecule has 1 fully saturated rings. The van der Waals surface area contributed by atoms with Crippen molar-refractivity contribution >= 4 is 28.7 Å². The molecule has 16 heavy (non-hydrogen) atoms. The standard InChI is InChI=1S/C7H11N3O4S2/c8-6-9-10(7(15)16-6)5-4(13)3(12)2(1-11)14-5/h2-5,11-13H,1H2,(H2,8,9)/t2-,3-,4-,5-/m1/s1. The Morgan fingerprint density at radius 3 is 2.62 bits per heavy atom. The van der Waals surface area contributed by atoms with Gasteiger partial charge in [0, 0.05) is 0 Å². The van der Waals surface area contributed by atoms with Crippen LogP contribution in [0.25, 0.3) is 0 Å². The fraction of sp³-hybridized carbons (Fsp3) is 0.714. The molecular formula is C7H11N3O4S2. The van der Waals surface area contributed by atoms with Crippen LogP contribution in [-0.4, -0.2) is 50.0 Å². The van der Waals surface area contributed by atoms with E-state index in [4.69, 9.17) is 27.8 Å². The van der Waals surface area contributed by atoms with Crippen LogP contribution in [0.1, 0.15) is 6.23 Å². The van der Waals surface area contributed by atoms with E-state index >= 15 is 0 Å². The van der Waals surface area contributed by atoms with E-state index in [0.29, 0.717) is 3.95 Å². The van der Waals surface area contributed by atoms with Crippen LogP contribution in [-0.2, 0) is 4.74 Å². The lowest BCUT2D eigenvalue weighted by Crippen LogP contribution is -2.33. The number of aromatic nitrogens is 2. The highest BCUT2D eigenvalue weighted by molar-refractivity contribution is 7.73. The van der Waals surface area contributed by atoms with Crippen molar-refractivity contribution < 1.29 is 20.1 Å². The number of nitrogens with two attached hydrogens (primary N) is 1. The summed E-state index contributed by atoms with van der Waals surface area (Å²) in [6.45, 7) is -0.387. The van der Waals surface area contributed by atoms with Gasteiger partial charge in [0.2, 0.25) is 5.13 Å². The lowest BCUT2D eigenvalue weighted by molar-refractivity contribution is -0.0589. The third kappa shape index (κ3) is 1.85. The molecule has 90 valence electrons. The molecule has 1 aromatic rings. The molecule has 0 saturated carbocycles. The first-order valence-electron chi connectivity index (χ1n) is 4.52. The van der Waals surface area contributed by atoms with Gasteiger partial charge in [0.1, 0.15) is 18.3 Å². The Morgan fingerprint density at radius 1 is 1.50 bits per heavy atom. The van der Waals surface area contributed by atoms with Gasteiger partial charge in [-0.25, -0.2) is 4.68 Å². The zero-order valence-corrected chi connectivity index (χ0v) is 9.69. The number of aliphatic hydroxyl groups is 3. The minimum atomic E-state index is -1.19. The maximum atomic E-state index is 9.72. The maximum absolute atomic E-state index is 9.72. The molecule has 0 aliphatic carbocycles. The molecule has 5 N–H and O–H groups in total. The fourth-order valence-electron chi connectivity index (χ4n) is 1.55. The van der Waals surface area contributed by atoms with Gasteiger partial charge in [0.05, 0.1) is 6.61 Å². The second-order valence-electron chi connectivity index (χ2n) is 3.38. The summed E-state index contributed by atoms with van der Waals surface area (Å²) in [7, 11) is 0. The number of rotatable bonds is 2. The zero-order valence-electron chi connectivity index (χ0n) is 8.05. The number of nitrogens with zero attached hydrogens (tertiary/aromatic N) is 2. The monoisotopic (exact) mass is 265 g/mol. The highest BCUT2D eigenvalue weighted by Crippen LogP contribution is 2.30. The van der Waals surface area contributed by atoms with Crippen molar-refractivity contribution in [3.05, 3.63) is 3.95 Å². The van der Waals surface area contributed by atoms with Crippen LogP contribution in [0.3, 0.4) is 0 Å². The Labute approximate surface area is 99.7 Å². The van der Waals surface area contributed by atoms with Crippen molar-refractivity contribution in [1.29, 1.82) is 0 Å². The van der Waals surface area contributed by atoms with Crippen LogP contribution in [0.5, 0.6) is 0 Å². The van der Waals surface area contributed by atoms with Crippen molar-refractivity contribution in [2.24, 2.45) is 0 Å². The molecule has 0 bridgehead atoms. The van der Waals surface area contributed by atoms with Crippen molar-refractivity contribution in [3.8, 4) is 0 Å². The van der Waals surface area contributed by atoms with Crippen LogP contribution in [0.4, 0.5) is 5.13 Å². The summed E-state index contributed by atoms with van der Waals surface area (Å²) in [5, 5.41) is 32.3. The number of ether oxygens (including phenoxy) is 1. The second-order valence-corrected chi connectivity index (χ2v) is 5.03. The first-order chi connectivity index (χ1) is 7.54. The Morgan fingerprint density at radius 2 is 2.19 bits per heavy atom. The Balaban J connectivity index is 2.29. The van der Waals surface area contributed by atoms with E-state index in [1.807, 2.05) is 0 Å². The number of anilines is 1. The third-order valence-corrected chi connectivity index (χ3v) is 3.43. The average Bonchev–Trinajstić information content (AvgIpc) is 2.70. The van der Waals surface area contributed by atoms with Crippen LogP contribution in [0.2, 0.25) is 0 Å². The summed E-state index contributed by atoms with van der Waals surface area (Å²) in [5.74, 6) is 0. The molecule has 0 radical (unpaired) electrons. The third-order valence-electron chi connectivity index (χ3n) is 2.34. The van der Waals surface area contributed by atoms with Crippen molar-refractivity contribution in [1.82, 2.24) is 9.78 Å². The smallest absolute Gasteiger partial charge is 0.202 e. The van der Waals surface area contributed by atoms with Crippen molar-refractivity contribution in [3.63, 3.8) is 0 Å². The van der Waals surface area contributed by atoms with Gasteiger partial charge in [-0.05, 0) is 12.2 Å². The van der Waals surface area contributed by atoms with E-state index in [9.17, 15) is 10.2 Å². The molecule has 1 saturated heterocycles. The molecule has 2 rings (SSSR count). The minimum Gasteiger partial charge on any atom is -0.394 e. The molecule has 1 aliphatic rings. The Hall–Kier alpha value is -0.580. The summed E-state index contributed by atoms with van der Waals surface area (Å²) < 4.78 is 6.83. The molecule has 1 aromatic heterocycles. The van der Waals surface area contributed by atoms with Gasteiger partial charge in [0.25, 0.3) is 0 Å². The van der Waals surface area contributed by atoms with Gasteiger partial charge in [-0.15, -0.1) is 5.10 Å². The molecule has 2 heterocycles. The molecule has 7 nitrogen and oxygen atoms in total. The summed E-state index contributed by atoms with van der Waals surface area (Å²) in [5.41, 5.74) is 5.47.